The Balaban J connectivity index is 3.00. The second-order valence-electron chi connectivity index (χ2n) is 2.93. The topological polar surface area (TPSA) is 77.8 Å². The van der Waals surface area contributed by atoms with E-state index >= 15 is 0 Å². The van der Waals surface area contributed by atoms with Crippen LogP contribution in [-0.4, -0.2) is 27.5 Å². The monoisotopic (exact) mass is 218 g/mol. The molecule has 4 nitrogen and oxygen atoms in total. The molecule has 0 spiro atoms. The summed E-state index contributed by atoms with van der Waals surface area (Å²) in [7, 11) is 0. The minimum absolute atomic E-state index is 0.331. The van der Waals surface area contributed by atoms with Crippen LogP contribution in [0.15, 0.2) is 18.2 Å². The first-order valence-electron chi connectivity index (χ1n) is 3.96. The molecule has 15 heavy (non-hydrogen) atoms. The number of aliphatic hydroxyl groups is 1. The molecule has 0 heterocycles. The Hall–Kier alpha value is -1.69. The fraction of sp³-hybridized carbons (Fsp3) is 0.222. The molecule has 1 rings (SSSR count). The molecule has 0 radical (unpaired) electrons. The molecular formula is C9H8F2O4. The number of hydrogen-bond acceptors (Lipinski definition) is 3. The van der Waals surface area contributed by atoms with Crippen LogP contribution in [0.5, 0.6) is 5.75 Å². The van der Waals surface area contributed by atoms with Gasteiger partial charge < -0.3 is 15.3 Å². The average molecular weight is 218 g/mol. The molecule has 82 valence electrons. The van der Waals surface area contributed by atoms with E-state index in [0.717, 1.165) is 18.2 Å². The number of aromatic hydroxyl groups is 1. The number of aliphatic hydroxyl groups excluding tert-OH is 1. The molecule has 0 saturated carbocycles. The summed E-state index contributed by atoms with van der Waals surface area (Å²) in [6.07, 6.45) is -4.57. The van der Waals surface area contributed by atoms with Gasteiger partial charge in [0.15, 0.2) is 0 Å². The van der Waals surface area contributed by atoms with E-state index in [-0.39, 0.29) is 5.56 Å². The number of hydrogen-bond donors (Lipinski definition) is 3. The molecule has 0 amide bonds. The first kappa shape index (κ1) is 11.4. The third-order valence-corrected chi connectivity index (χ3v) is 1.76. The largest absolute Gasteiger partial charge is 0.508 e. The van der Waals surface area contributed by atoms with E-state index in [4.69, 9.17) is 10.2 Å². The molecule has 0 saturated heterocycles. The molecule has 0 fully saturated rings. The van der Waals surface area contributed by atoms with Gasteiger partial charge in [0, 0.05) is 6.07 Å². The second-order valence-corrected chi connectivity index (χ2v) is 2.93. The van der Waals surface area contributed by atoms with Crippen molar-refractivity contribution >= 4 is 5.97 Å². The van der Waals surface area contributed by atoms with Gasteiger partial charge in [-0.15, -0.1) is 0 Å². The highest BCUT2D eigenvalue weighted by atomic mass is 19.1. The van der Waals surface area contributed by atoms with Crippen LogP contribution in [-0.2, 0) is 4.79 Å². The van der Waals surface area contributed by atoms with Gasteiger partial charge in [-0.05, 0) is 17.7 Å². The maximum absolute atomic E-state index is 12.8. The minimum Gasteiger partial charge on any atom is -0.508 e. The van der Waals surface area contributed by atoms with Crippen molar-refractivity contribution in [1.82, 2.24) is 0 Å². The van der Waals surface area contributed by atoms with Gasteiger partial charge in [-0.25, -0.2) is 13.6 Å². The van der Waals surface area contributed by atoms with Crippen LogP contribution in [0.25, 0.3) is 0 Å². The third kappa shape index (κ3) is 2.63. The molecule has 0 aliphatic rings. The number of phenolic OH excluding ortho intramolecular Hbond substituents is 1. The number of aliphatic carboxylic acids is 1. The maximum atomic E-state index is 12.8. The average Bonchev–Trinajstić information content (AvgIpc) is 2.13. The number of carboxylic acids is 1. The van der Waals surface area contributed by atoms with Gasteiger partial charge in [0.05, 0.1) is 0 Å². The number of rotatable bonds is 3. The molecule has 1 aromatic rings. The van der Waals surface area contributed by atoms with E-state index in [0.29, 0.717) is 0 Å². The number of carboxylic acid groups (broad SMARTS) is 1. The highest BCUT2D eigenvalue weighted by Gasteiger charge is 2.27. The zero-order valence-electron chi connectivity index (χ0n) is 7.39. The molecule has 0 aliphatic carbocycles. The number of benzene rings is 1. The van der Waals surface area contributed by atoms with Gasteiger partial charge in [-0.2, -0.15) is 0 Å². The molecule has 6 heteroatoms. The lowest BCUT2D eigenvalue weighted by Crippen LogP contribution is -2.23. The lowest BCUT2D eigenvalue weighted by molar-refractivity contribution is -0.147. The predicted octanol–water partition coefficient (Wildman–Crippen LogP) is 0.987. The highest BCUT2D eigenvalue weighted by molar-refractivity contribution is 5.73. The van der Waals surface area contributed by atoms with Crippen molar-refractivity contribution in [3.05, 3.63) is 29.6 Å². The van der Waals surface area contributed by atoms with Gasteiger partial charge in [0.2, 0.25) is 6.17 Å². The summed E-state index contributed by atoms with van der Waals surface area (Å²) in [6, 6.07) is 2.40. The van der Waals surface area contributed by atoms with E-state index in [9.17, 15) is 18.7 Å². The molecule has 0 bridgehead atoms. The highest BCUT2D eigenvalue weighted by Crippen LogP contribution is 2.24. The lowest BCUT2D eigenvalue weighted by Gasteiger charge is -2.12. The number of phenols is 1. The Morgan fingerprint density at radius 1 is 1.33 bits per heavy atom. The van der Waals surface area contributed by atoms with Crippen molar-refractivity contribution in [3.63, 3.8) is 0 Å². The standard InChI is InChI=1S/C9H8F2O4/c10-5-1-4(2-6(12)3-5)8(13)7(11)9(14)15/h1-3,7-8,12-13H,(H,14,15). The number of carbonyl (C=O) groups is 1. The van der Waals surface area contributed by atoms with Gasteiger partial charge in [-0.1, -0.05) is 0 Å². The van der Waals surface area contributed by atoms with E-state index in [1.54, 1.807) is 0 Å². The van der Waals surface area contributed by atoms with Gasteiger partial charge in [0.25, 0.3) is 0 Å². The molecular weight excluding hydrogens is 210 g/mol. The Bertz CT molecular complexity index is 360. The van der Waals surface area contributed by atoms with Crippen LogP contribution in [0, 0.1) is 5.82 Å². The van der Waals surface area contributed by atoms with Crippen molar-refractivity contribution in [2.45, 2.75) is 12.3 Å². The van der Waals surface area contributed by atoms with Crippen LogP contribution >= 0.6 is 0 Å². The first-order valence-corrected chi connectivity index (χ1v) is 3.96. The van der Waals surface area contributed by atoms with E-state index < -0.39 is 29.8 Å². The SMILES string of the molecule is O=C(O)C(F)C(O)c1cc(O)cc(F)c1. The van der Waals surface area contributed by atoms with Crippen molar-refractivity contribution in [3.8, 4) is 5.75 Å². The van der Waals surface area contributed by atoms with Gasteiger partial charge in [-0.3, -0.25) is 0 Å². The van der Waals surface area contributed by atoms with Crippen LogP contribution in [0.2, 0.25) is 0 Å². The van der Waals surface area contributed by atoms with E-state index in [1.165, 1.54) is 0 Å². The minimum atomic E-state index is -2.56. The Morgan fingerprint density at radius 2 is 1.93 bits per heavy atom. The third-order valence-electron chi connectivity index (χ3n) is 1.76. The van der Waals surface area contributed by atoms with Crippen molar-refractivity contribution in [2.75, 3.05) is 0 Å². The summed E-state index contributed by atoms with van der Waals surface area (Å²) in [5, 5.41) is 26.4. The summed E-state index contributed by atoms with van der Waals surface area (Å²) in [6.45, 7) is 0. The van der Waals surface area contributed by atoms with Crippen molar-refractivity contribution in [2.24, 2.45) is 0 Å². The molecule has 2 atom stereocenters. The summed E-state index contributed by atoms with van der Waals surface area (Å²) in [5.41, 5.74) is -0.331. The quantitative estimate of drug-likeness (QED) is 0.706. The predicted molar refractivity (Wildman–Crippen MR) is 45.6 cm³/mol. The van der Waals surface area contributed by atoms with E-state index in [1.807, 2.05) is 0 Å². The van der Waals surface area contributed by atoms with Crippen LogP contribution < -0.4 is 0 Å². The zero-order chi connectivity index (χ0) is 11.6. The van der Waals surface area contributed by atoms with Crippen LogP contribution in [0.1, 0.15) is 11.7 Å². The zero-order valence-corrected chi connectivity index (χ0v) is 7.39. The lowest BCUT2D eigenvalue weighted by atomic mass is 10.0. The summed E-state index contributed by atoms with van der Waals surface area (Å²) in [5.74, 6) is -3.26. The second kappa shape index (κ2) is 4.22. The number of halogens is 2. The smallest absolute Gasteiger partial charge is 0.341 e. The molecule has 2 unspecified atom stereocenters. The Morgan fingerprint density at radius 3 is 2.40 bits per heavy atom. The molecule has 0 aromatic heterocycles. The normalized spacial score (nSPS) is 14.6. The fourth-order valence-corrected chi connectivity index (χ4v) is 1.07. The Labute approximate surface area is 83.4 Å². The van der Waals surface area contributed by atoms with Crippen molar-refractivity contribution in [1.29, 1.82) is 0 Å². The maximum Gasteiger partial charge on any atom is 0.341 e. The van der Waals surface area contributed by atoms with Crippen molar-refractivity contribution < 1.29 is 28.9 Å². The molecule has 3 N–H and O–H groups in total. The first-order chi connectivity index (χ1) is 6.91. The number of alkyl halides is 1. The molecule has 0 aliphatic heterocycles. The molecule has 1 aromatic carbocycles. The Kier molecular flexibility index (Phi) is 3.21. The summed E-state index contributed by atoms with van der Waals surface area (Å²) < 4.78 is 25.5. The fourth-order valence-electron chi connectivity index (χ4n) is 1.07. The van der Waals surface area contributed by atoms with Gasteiger partial charge in [0.1, 0.15) is 17.7 Å². The van der Waals surface area contributed by atoms with Crippen LogP contribution in [0.4, 0.5) is 8.78 Å². The summed E-state index contributed by atoms with van der Waals surface area (Å²) >= 11 is 0. The summed E-state index contributed by atoms with van der Waals surface area (Å²) in [4.78, 5) is 10.2. The van der Waals surface area contributed by atoms with Gasteiger partial charge >= 0.3 is 5.97 Å². The van der Waals surface area contributed by atoms with E-state index in [2.05, 4.69) is 0 Å². The van der Waals surface area contributed by atoms with Crippen LogP contribution in [0.3, 0.4) is 0 Å².